The number of carboxylic acid groups (broad SMARTS) is 1. The summed E-state index contributed by atoms with van der Waals surface area (Å²) in [6.45, 7) is 3.06. The molecule has 3 N–H and O–H groups in total. The van der Waals surface area contributed by atoms with E-state index in [0.29, 0.717) is 11.1 Å². The van der Waals surface area contributed by atoms with Gasteiger partial charge in [-0.2, -0.15) is 12.7 Å². The fraction of sp³-hybridized carbons (Fsp3) is 0.353. The lowest BCUT2D eigenvalue weighted by Gasteiger charge is -2.26. The standard InChI is InChI=1S/C17H19ClN4O5S/c1-9(2)13(17(24)25)20-15-16(23)21-28(26,27)22(15)8-11-7-10-5-3-4-6-12(10)19-14(11)18/h3-7,9,13,15,20H,8H2,1-2H3,(H,21,23)(H,24,25)/t13-,15+/m0/s1. The SMILES string of the molecule is CC(C)[C@H](N[C@H]1C(=O)NS(=O)(=O)N1Cc1cc2ccccc2nc1Cl)C(=O)O. The Labute approximate surface area is 166 Å². The van der Waals surface area contributed by atoms with Crippen LogP contribution in [-0.4, -0.2) is 46.9 Å². The third-order valence-corrected chi connectivity index (χ3v) is 6.16. The minimum Gasteiger partial charge on any atom is -0.480 e. The normalized spacial score (nSPS) is 20.4. The van der Waals surface area contributed by atoms with Gasteiger partial charge in [-0.1, -0.05) is 43.6 Å². The number of rotatable bonds is 6. The summed E-state index contributed by atoms with van der Waals surface area (Å²) in [5, 5.41) is 12.8. The number of amides is 1. The highest BCUT2D eigenvalue weighted by molar-refractivity contribution is 7.88. The molecule has 11 heteroatoms. The lowest BCUT2D eigenvalue weighted by Crippen LogP contribution is -2.54. The molecule has 1 aliphatic heterocycles. The van der Waals surface area contributed by atoms with E-state index in [1.165, 1.54) is 0 Å². The van der Waals surface area contributed by atoms with Crippen molar-refractivity contribution in [2.75, 3.05) is 0 Å². The summed E-state index contributed by atoms with van der Waals surface area (Å²) < 4.78 is 27.6. The Balaban J connectivity index is 1.96. The Kier molecular flexibility index (Phi) is 5.57. The van der Waals surface area contributed by atoms with Gasteiger partial charge in [0.2, 0.25) is 0 Å². The molecule has 0 bridgehead atoms. The molecule has 2 heterocycles. The van der Waals surface area contributed by atoms with Crippen molar-refractivity contribution in [3.63, 3.8) is 0 Å². The molecule has 2 atom stereocenters. The van der Waals surface area contributed by atoms with E-state index in [0.717, 1.165) is 9.69 Å². The molecule has 9 nitrogen and oxygen atoms in total. The van der Waals surface area contributed by atoms with Crippen LogP contribution in [0.3, 0.4) is 0 Å². The zero-order valence-electron chi connectivity index (χ0n) is 15.1. The van der Waals surface area contributed by atoms with Gasteiger partial charge < -0.3 is 5.11 Å². The van der Waals surface area contributed by atoms with Crippen LogP contribution < -0.4 is 10.0 Å². The molecule has 0 unspecified atom stereocenters. The third-order valence-electron chi connectivity index (χ3n) is 4.42. The van der Waals surface area contributed by atoms with Crippen molar-refractivity contribution in [2.24, 2.45) is 5.92 Å². The van der Waals surface area contributed by atoms with E-state index >= 15 is 0 Å². The number of carbonyl (C=O) groups excluding carboxylic acids is 1. The number of hydrogen-bond acceptors (Lipinski definition) is 6. The van der Waals surface area contributed by atoms with Crippen molar-refractivity contribution in [2.45, 2.75) is 32.6 Å². The third kappa shape index (κ3) is 3.95. The number of pyridine rings is 1. The van der Waals surface area contributed by atoms with Crippen molar-refractivity contribution in [3.8, 4) is 0 Å². The summed E-state index contributed by atoms with van der Waals surface area (Å²) in [5.41, 5.74) is 1.04. The molecule has 1 amide bonds. The maximum Gasteiger partial charge on any atom is 0.321 e. The van der Waals surface area contributed by atoms with Gasteiger partial charge in [0.05, 0.1) is 5.52 Å². The number of halogens is 1. The van der Waals surface area contributed by atoms with E-state index in [1.807, 2.05) is 10.8 Å². The number of aliphatic carboxylic acids is 1. The zero-order chi connectivity index (χ0) is 20.6. The number of nitrogens with one attached hydrogen (secondary N) is 2. The number of aromatic nitrogens is 1. The van der Waals surface area contributed by atoms with E-state index in [-0.39, 0.29) is 17.6 Å². The van der Waals surface area contributed by atoms with Crippen LogP contribution in [0.15, 0.2) is 30.3 Å². The summed E-state index contributed by atoms with van der Waals surface area (Å²) in [4.78, 5) is 28.0. The van der Waals surface area contributed by atoms with Gasteiger partial charge >= 0.3 is 16.2 Å². The summed E-state index contributed by atoms with van der Waals surface area (Å²) in [7, 11) is -4.16. The van der Waals surface area contributed by atoms with Crippen LogP contribution in [0.2, 0.25) is 5.15 Å². The molecule has 1 aliphatic rings. The maximum atomic E-state index is 12.4. The predicted molar refractivity (Wildman–Crippen MR) is 103 cm³/mol. The number of hydrogen-bond donors (Lipinski definition) is 3. The van der Waals surface area contributed by atoms with Crippen LogP contribution in [0.25, 0.3) is 10.9 Å². The smallest absolute Gasteiger partial charge is 0.321 e. The first kappa shape index (κ1) is 20.5. The minimum absolute atomic E-state index is 0.102. The number of benzene rings is 1. The number of carboxylic acids is 1. The highest BCUT2D eigenvalue weighted by atomic mass is 35.5. The minimum atomic E-state index is -4.16. The largest absolute Gasteiger partial charge is 0.480 e. The molecule has 150 valence electrons. The molecule has 2 aromatic rings. The Bertz CT molecular complexity index is 1040. The second-order valence-electron chi connectivity index (χ2n) is 6.78. The van der Waals surface area contributed by atoms with E-state index in [9.17, 15) is 23.1 Å². The van der Waals surface area contributed by atoms with E-state index in [2.05, 4.69) is 10.3 Å². The first-order valence-electron chi connectivity index (χ1n) is 8.46. The molecule has 28 heavy (non-hydrogen) atoms. The van der Waals surface area contributed by atoms with Gasteiger partial charge in [-0.05, 0) is 18.1 Å². The number of carbonyl (C=O) groups is 2. The average Bonchev–Trinajstić information content (AvgIpc) is 2.81. The van der Waals surface area contributed by atoms with Gasteiger partial charge in [0.25, 0.3) is 5.91 Å². The molecule has 1 fully saturated rings. The Morgan fingerprint density at radius 2 is 2.07 bits per heavy atom. The van der Waals surface area contributed by atoms with Gasteiger partial charge in [0, 0.05) is 17.5 Å². The molecule has 1 aromatic carbocycles. The Morgan fingerprint density at radius 1 is 1.39 bits per heavy atom. The molecule has 1 saturated heterocycles. The van der Waals surface area contributed by atoms with Crippen molar-refractivity contribution in [1.29, 1.82) is 0 Å². The topological polar surface area (TPSA) is 129 Å². The highest BCUT2D eigenvalue weighted by Gasteiger charge is 2.46. The molecular weight excluding hydrogens is 408 g/mol. The van der Waals surface area contributed by atoms with Crippen LogP contribution in [0.5, 0.6) is 0 Å². The fourth-order valence-corrected chi connectivity index (χ4v) is 4.41. The molecule has 0 spiro atoms. The quantitative estimate of drug-likeness (QED) is 0.589. The van der Waals surface area contributed by atoms with Gasteiger partial charge in [-0.15, -0.1) is 0 Å². The molecule has 1 aromatic heterocycles. The lowest BCUT2D eigenvalue weighted by molar-refractivity contribution is -0.141. The van der Waals surface area contributed by atoms with Crippen LogP contribution in [0.4, 0.5) is 0 Å². The van der Waals surface area contributed by atoms with E-state index in [4.69, 9.17) is 11.6 Å². The van der Waals surface area contributed by atoms with Crippen molar-refractivity contribution in [3.05, 3.63) is 41.0 Å². The molecule has 0 aliphatic carbocycles. The van der Waals surface area contributed by atoms with Crippen LogP contribution >= 0.6 is 11.6 Å². The first-order chi connectivity index (χ1) is 13.1. The number of para-hydroxylation sites is 1. The Hall–Kier alpha value is -2.27. The fourth-order valence-electron chi connectivity index (χ4n) is 2.98. The maximum absolute atomic E-state index is 12.4. The van der Waals surface area contributed by atoms with Crippen LogP contribution in [0.1, 0.15) is 19.4 Å². The highest BCUT2D eigenvalue weighted by Crippen LogP contribution is 2.25. The second kappa shape index (κ2) is 7.63. The summed E-state index contributed by atoms with van der Waals surface area (Å²) >= 11 is 6.21. The number of nitrogens with zero attached hydrogens (tertiary/aromatic N) is 2. The summed E-state index contributed by atoms with van der Waals surface area (Å²) in [6.07, 6.45) is -1.38. The van der Waals surface area contributed by atoms with Crippen molar-refractivity contribution >= 4 is 44.6 Å². The van der Waals surface area contributed by atoms with Crippen LogP contribution in [-0.2, 0) is 26.3 Å². The monoisotopic (exact) mass is 426 g/mol. The van der Waals surface area contributed by atoms with Crippen molar-refractivity contribution in [1.82, 2.24) is 19.3 Å². The van der Waals surface area contributed by atoms with E-state index < -0.39 is 34.3 Å². The number of fused-ring (bicyclic) bond motifs is 1. The molecule has 0 radical (unpaired) electrons. The first-order valence-corrected chi connectivity index (χ1v) is 10.3. The second-order valence-corrected chi connectivity index (χ2v) is 8.76. The van der Waals surface area contributed by atoms with Gasteiger partial charge in [0.15, 0.2) is 6.17 Å². The summed E-state index contributed by atoms with van der Waals surface area (Å²) in [6, 6.07) is 7.76. The zero-order valence-corrected chi connectivity index (χ0v) is 16.7. The lowest BCUT2D eigenvalue weighted by atomic mass is 10.0. The van der Waals surface area contributed by atoms with Gasteiger partial charge in [-0.3, -0.25) is 14.9 Å². The van der Waals surface area contributed by atoms with Crippen LogP contribution in [0, 0.1) is 5.92 Å². The predicted octanol–water partition coefficient (Wildman–Crippen LogP) is 1.09. The Morgan fingerprint density at radius 3 is 2.71 bits per heavy atom. The van der Waals surface area contributed by atoms with Gasteiger partial charge in [0.1, 0.15) is 11.2 Å². The van der Waals surface area contributed by atoms with Gasteiger partial charge in [-0.25, -0.2) is 9.71 Å². The molecule has 0 saturated carbocycles. The van der Waals surface area contributed by atoms with E-state index in [1.54, 1.807) is 38.1 Å². The molecular formula is C17H19ClN4O5S. The molecule has 3 rings (SSSR count). The average molecular weight is 427 g/mol. The van der Waals surface area contributed by atoms with Crippen molar-refractivity contribution < 1.29 is 23.1 Å². The summed E-state index contributed by atoms with van der Waals surface area (Å²) in [5.74, 6) is -2.41.